The maximum atomic E-state index is 13.6. The summed E-state index contributed by atoms with van der Waals surface area (Å²) in [5.74, 6) is -1.21. The van der Waals surface area contributed by atoms with Crippen molar-refractivity contribution in [3.8, 4) is 0 Å². The zero-order valence-electron chi connectivity index (χ0n) is 17.7. The summed E-state index contributed by atoms with van der Waals surface area (Å²) < 4.78 is 13.6. The summed E-state index contributed by atoms with van der Waals surface area (Å²) >= 11 is 13.0. The van der Waals surface area contributed by atoms with Gasteiger partial charge >= 0.3 is 0 Å². The molecule has 2 amide bonds. The Bertz CT molecular complexity index is 1260. The molecule has 0 aliphatic carbocycles. The normalized spacial score (nSPS) is 13.9. The summed E-state index contributed by atoms with van der Waals surface area (Å²) in [5.41, 5.74) is 2.05. The quantitative estimate of drug-likeness (QED) is 0.362. The number of imide groups is 1. The van der Waals surface area contributed by atoms with Crippen molar-refractivity contribution in [2.75, 3.05) is 10.2 Å². The first-order valence-electron chi connectivity index (χ1n) is 10.1. The van der Waals surface area contributed by atoms with Gasteiger partial charge in [0.1, 0.15) is 16.4 Å². The van der Waals surface area contributed by atoms with Gasteiger partial charge in [-0.05, 0) is 66.1 Å². The highest BCUT2D eigenvalue weighted by Gasteiger charge is 2.40. The first-order valence-corrected chi connectivity index (χ1v) is 11.7. The molecule has 0 unspecified atom stereocenters. The molecule has 0 saturated heterocycles. The number of thioether (sulfide) groups is 1. The largest absolute Gasteiger partial charge is 0.350 e. The number of carbonyl (C=O) groups excluding carboxylic acids is 2. The molecule has 4 nitrogen and oxygen atoms in total. The molecule has 1 aliphatic heterocycles. The topological polar surface area (TPSA) is 49.4 Å². The van der Waals surface area contributed by atoms with Gasteiger partial charge in [-0.2, -0.15) is 0 Å². The Kier molecular flexibility index (Phi) is 6.79. The minimum absolute atomic E-state index is 0.0922. The summed E-state index contributed by atoms with van der Waals surface area (Å²) in [5, 5.41) is 3.44. The van der Waals surface area contributed by atoms with Gasteiger partial charge in [-0.3, -0.25) is 9.59 Å². The molecule has 1 aliphatic rings. The number of hydrogen-bond donors (Lipinski definition) is 1. The highest BCUT2D eigenvalue weighted by molar-refractivity contribution is 8.04. The molecule has 1 N–H and O–H groups in total. The van der Waals surface area contributed by atoms with E-state index < -0.39 is 17.6 Å². The zero-order chi connectivity index (χ0) is 23.7. The Balaban J connectivity index is 1.72. The zero-order valence-corrected chi connectivity index (χ0v) is 20.1. The first kappa shape index (κ1) is 23.4. The third-order valence-electron chi connectivity index (χ3n) is 5.08. The number of nitrogens with one attached hydrogen (secondary N) is 1. The third kappa shape index (κ3) is 4.93. The Morgan fingerprint density at radius 3 is 2.18 bits per heavy atom. The minimum Gasteiger partial charge on any atom is -0.350 e. The molecule has 33 heavy (non-hydrogen) atoms. The Labute approximate surface area is 205 Å². The van der Waals surface area contributed by atoms with E-state index >= 15 is 0 Å². The Morgan fingerprint density at radius 2 is 1.58 bits per heavy atom. The van der Waals surface area contributed by atoms with E-state index in [4.69, 9.17) is 23.2 Å². The molecule has 168 valence electrons. The standard InChI is InChI=1S/C25H19Cl2FN2O2S/c1-14(2)15-3-8-18(9-4-15)30-24(31)22(29-17-7-12-21(28)20(27)13-17)23(25(30)32)33-19-10-5-16(26)6-11-19/h3-14,29H,1-2H3. The van der Waals surface area contributed by atoms with Crippen LogP contribution in [0.5, 0.6) is 0 Å². The van der Waals surface area contributed by atoms with Crippen molar-refractivity contribution in [3.63, 3.8) is 0 Å². The fourth-order valence-electron chi connectivity index (χ4n) is 3.30. The number of nitrogens with zero attached hydrogens (tertiary/aromatic N) is 1. The summed E-state index contributed by atoms with van der Waals surface area (Å²) in [7, 11) is 0. The van der Waals surface area contributed by atoms with E-state index in [1.165, 1.54) is 18.2 Å². The van der Waals surface area contributed by atoms with Crippen LogP contribution < -0.4 is 10.2 Å². The van der Waals surface area contributed by atoms with E-state index in [2.05, 4.69) is 19.2 Å². The molecule has 0 atom stereocenters. The van der Waals surface area contributed by atoms with Crippen molar-refractivity contribution in [2.24, 2.45) is 0 Å². The molecule has 0 bridgehead atoms. The van der Waals surface area contributed by atoms with Crippen molar-refractivity contribution in [1.82, 2.24) is 0 Å². The number of carbonyl (C=O) groups is 2. The second kappa shape index (κ2) is 9.59. The van der Waals surface area contributed by atoms with Crippen molar-refractivity contribution >= 4 is 58.2 Å². The average Bonchev–Trinajstić information content (AvgIpc) is 3.01. The highest BCUT2D eigenvalue weighted by Crippen LogP contribution is 2.38. The van der Waals surface area contributed by atoms with Gasteiger partial charge in [-0.25, -0.2) is 9.29 Å². The summed E-state index contributed by atoms with van der Waals surface area (Å²) in [4.78, 5) is 28.9. The van der Waals surface area contributed by atoms with Crippen LogP contribution in [0.2, 0.25) is 10.0 Å². The first-order chi connectivity index (χ1) is 15.7. The van der Waals surface area contributed by atoms with Crippen LogP contribution in [-0.2, 0) is 9.59 Å². The van der Waals surface area contributed by atoms with Crippen LogP contribution in [0.25, 0.3) is 0 Å². The molecule has 8 heteroatoms. The van der Waals surface area contributed by atoms with E-state index in [-0.39, 0.29) is 15.6 Å². The molecule has 4 rings (SSSR count). The summed E-state index contributed by atoms with van der Waals surface area (Å²) in [6.45, 7) is 4.14. The predicted molar refractivity (Wildman–Crippen MR) is 132 cm³/mol. The van der Waals surface area contributed by atoms with Gasteiger partial charge in [0.15, 0.2) is 0 Å². The van der Waals surface area contributed by atoms with Crippen molar-refractivity contribution in [2.45, 2.75) is 24.7 Å². The molecular formula is C25H19Cl2FN2O2S. The molecule has 3 aromatic carbocycles. The van der Waals surface area contributed by atoms with Crippen molar-refractivity contribution < 1.29 is 14.0 Å². The van der Waals surface area contributed by atoms with Crippen LogP contribution in [0.1, 0.15) is 25.3 Å². The lowest BCUT2D eigenvalue weighted by atomic mass is 10.0. The number of hydrogen-bond acceptors (Lipinski definition) is 4. The van der Waals surface area contributed by atoms with Gasteiger partial charge in [0, 0.05) is 15.6 Å². The summed E-state index contributed by atoms with van der Waals surface area (Å²) in [6, 6.07) is 18.3. The van der Waals surface area contributed by atoms with E-state index in [1.54, 1.807) is 36.4 Å². The number of halogens is 3. The molecule has 0 spiro atoms. The molecule has 0 fully saturated rings. The molecule has 0 aromatic heterocycles. The van der Waals surface area contributed by atoms with Crippen LogP contribution in [-0.4, -0.2) is 11.8 Å². The number of anilines is 2. The van der Waals surface area contributed by atoms with Gasteiger partial charge in [0.25, 0.3) is 11.8 Å². The number of benzene rings is 3. The highest BCUT2D eigenvalue weighted by atomic mass is 35.5. The van der Waals surface area contributed by atoms with Crippen LogP contribution in [0.3, 0.4) is 0 Å². The SMILES string of the molecule is CC(C)c1ccc(N2C(=O)C(Nc3ccc(F)c(Cl)c3)=C(Sc3ccc(Cl)cc3)C2=O)cc1. The van der Waals surface area contributed by atoms with E-state index in [1.807, 2.05) is 12.1 Å². The lowest BCUT2D eigenvalue weighted by molar-refractivity contribution is -0.120. The fourth-order valence-corrected chi connectivity index (χ4v) is 4.53. The van der Waals surface area contributed by atoms with Crippen LogP contribution in [0.4, 0.5) is 15.8 Å². The van der Waals surface area contributed by atoms with Crippen LogP contribution in [0.15, 0.2) is 82.2 Å². The van der Waals surface area contributed by atoms with E-state index in [0.29, 0.717) is 22.3 Å². The van der Waals surface area contributed by atoms with Gasteiger partial charge in [-0.15, -0.1) is 0 Å². The fraction of sp³-hybridized carbons (Fsp3) is 0.120. The monoisotopic (exact) mass is 500 g/mol. The Morgan fingerprint density at radius 1 is 0.909 bits per heavy atom. The van der Waals surface area contributed by atoms with Crippen molar-refractivity contribution in [3.05, 3.63) is 98.8 Å². The molecule has 0 radical (unpaired) electrons. The molecule has 3 aromatic rings. The predicted octanol–water partition coefficient (Wildman–Crippen LogP) is 7.25. The lowest BCUT2D eigenvalue weighted by Gasteiger charge is -2.16. The van der Waals surface area contributed by atoms with Crippen LogP contribution in [0, 0.1) is 5.82 Å². The second-order valence-electron chi connectivity index (χ2n) is 7.71. The van der Waals surface area contributed by atoms with Gasteiger partial charge in [-0.1, -0.05) is 60.9 Å². The maximum absolute atomic E-state index is 13.6. The van der Waals surface area contributed by atoms with Crippen molar-refractivity contribution in [1.29, 1.82) is 0 Å². The second-order valence-corrected chi connectivity index (χ2v) is 9.63. The molecule has 1 heterocycles. The smallest absolute Gasteiger partial charge is 0.283 e. The molecular weight excluding hydrogens is 482 g/mol. The lowest BCUT2D eigenvalue weighted by Crippen LogP contribution is -2.32. The third-order valence-corrected chi connectivity index (χ3v) is 6.71. The van der Waals surface area contributed by atoms with E-state index in [9.17, 15) is 14.0 Å². The average molecular weight is 501 g/mol. The van der Waals surface area contributed by atoms with Crippen LogP contribution >= 0.6 is 35.0 Å². The minimum atomic E-state index is -0.576. The maximum Gasteiger partial charge on any atom is 0.283 e. The van der Waals surface area contributed by atoms with Gasteiger partial charge in [0.05, 0.1) is 10.7 Å². The van der Waals surface area contributed by atoms with Gasteiger partial charge in [0.2, 0.25) is 0 Å². The number of rotatable bonds is 6. The number of amides is 2. The molecule has 0 saturated carbocycles. The Hall–Kier alpha value is -2.80. The van der Waals surface area contributed by atoms with E-state index in [0.717, 1.165) is 27.1 Å². The van der Waals surface area contributed by atoms with Gasteiger partial charge < -0.3 is 5.32 Å². The summed E-state index contributed by atoms with van der Waals surface area (Å²) in [6.07, 6.45) is 0.